The van der Waals surface area contributed by atoms with Crippen LogP contribution in [0, 0.1) is 0 Å². The van der Waals surface area contributed by atoms with Gasteiger partial charge >= 0.3 is 18.2 Å². The van der Waals surface area contributed by atoms with Gasteiger partial charge in [0.05, 0.1) is 12.8 Å². The molecule has 0 aliphatic heterocycles. The Morgan fingerprint density at radius 2 is 1.52 bits per heavy atom. The smallest absolute Gasteiger partial charge is 0.425 e. The summed E-state index contributed by atoms with van der Waals surface area (Å²) in [5.74, 6) is -0.912. The predicted molar refractivity (Wildman–Crippen MR) is 89.5 cm³/mol. The summed E-state index contributed by atoms with van der Waals surface area (Å²) in [6.07, 6.45) is -0.845. The minimum atomic E-state index is -1.00. The highest BCUT2D eigenvalue weighted by Gasteiger charge is 2.36. The van der Waals surface area contributed by atoms with E-state index in [1.54, 1.807) is 48.5 Å². The first kappa shape index (κ1) is 20.5. The molecule has 2 amide bonds. The Labute approximate surface area is 146 Å². The van der Waals surface area contributed by atoms with Gasteiger partial charge in [-0.25, -0.2) is 14.4 Å². The van der Waals surface area contributed by atoms with Gasteiger partial charge in [0.1, 0.15) is 16.8 Å². The largest absolute Gasteiger partial charge is 0.462 e. The van der Waals surface area contributed by atoms with Crippen molar-refractivity contribution in [3.05, 3.63) is 11.8 Å². The van der Waals surface area contributed by atoms with Crippen LogP contribution in [0.3, 0.4) is 0 Å². The van der Waals surface area contributed by atoms with Crippen LogP contribution in [0.5, 0.6) is 0 Å². The van der Waals surface area contributed by atoms with Gasteiger partial charge in [-0.2, -0.15) is 10.00 Å². The quantitative estimate of drug-likeness (QED) is 0.654. The molecule has 9 heteroatoms. The average Bonchev–Trinajstić information content (AvgIpc) is 2.83. The van der Waals surface area contributed by atoms with E-state index in [4.69, 9.17) is 14.2 Å². The molecule has 1 rings (SSSR count). The van der Waals surface area contributed by atoms with Crippen LogP contribution < -0.4 is 4.90 Å². The van der Waals surface area contributed by atoms with Crippen LogP contribution in [0.25, 0.3) is 0 Å². The number of carbonyl (C=O) groups excluding carboxylic acids is 3. The molecule has 0 spiro atoms. The molecule has 140 valence electrons. The number of aromatic nitrogens is 2. The highest BCUT2D eigenvalue weighted by Crippen LogP contribution is 2.23. The van der Waals surface area contributed by atoms with Crippen molar-refractivity contribution in [2.45, 2.75) is 59.7 Å². The van der Waals surface area contributed by atoms with Crippen LogP contribution in [0.1, 0.15) is 58.8 Å². The molecule has 1 aromatic rings. The van der Waals surface area contributed by atoms with Crippen LogP contribution in [-0.4, -0.2) is 46.2 Å². The van der Waals surface area contributed by atoms with Gasteiger partial charge in [-0.3, -0.25) is 5.10 Å². The van der Waals surface area contributed by atoms with Gasteiger partial charge in [-0.1, -0.05) is 0 Å². The summed E-state index contributed by atoms with van der Waals surface area (Å²) in [6.45, 7) is 11.7. The summed E-state index contributed by atoms with van der Waals surface area (Å²) >= 11 is 0. The Morgan fingerprint density at radius 3 is 1.92 bits per heavy atom. The van der Waals surface area contributed by atoms with Crippen molar-refractivity contribution in [3.8, 4) is 0 Å². The van der Waals surface area contributed by atoms with E-state index in [2.05, 4.69) is 10.2 Å². The highest BCUT2D eigenvalue weighted by atomic mass is 16.6. The average molecular weight is 355 g/mol. The van der Waals surface area contributed by atoms with Crippen molar-refractivity contribution >= 4 is 24.0 Å². The van der Waals surface area contributed by atoms with Gasteiger partial charge in [0.2, 0.25) is 0 Å². The number of nitrogens with zero attached hydrogens (tertiary/aromatic N) is 2. The summed E-state index contributed by atoms with van der Waals surface area (Å²) in [5, 5.41) is 6.17. The van der Waals surface area contributed by atoms with Gasteiger partial charge in [-0.05, 0) is 48.5 Å². The molecular weight excluding hydrogens is 330 g/mol. The fourth-order valence-electron chi connectivity index (χ4n) is 1.68. The maximum Gasteiger partial charge on any atom is 0.425 e. The lowest BCUT2D eigenvalue weighted by Gasteiger charge is -2.28. The molecule has 1 aromatic heterocycles. The zero-order valence-electron chi connectivity index (χ0n) is 15.6. The number of imide groups is 1. The van der Waals surface area contributed by atoms with Crippen LogP contribution in [0.2, 0.25) is 0 Å². The molecule has 0 radical (unpaired) electrons. The van der Waals surface area contributed by atoms with Gasteiger partial charge in [0.15, 0.2) is 5.82 Å². The molecule has 0 unspecified atom stereocenters. The molecular formula is C16H25N3O6. The number of nitrogens with one attached hydrogen (secondary N) is 1. The Bertz CT molecular complexity index is 611. The van der Waals surface area contributed by atoms with E-state index in [0.717, 1.165) is 6.20 Å². The van der Waals surface area contributed by atoms with Crippen molar-refractivity contribution in [2.75, 3.05) is 11.5 Å². The highest BCUT2D eigenvalue weighted by molar-refractivity contribution is 6.12. The molecule has 0 saturated carbocycles. The fraction of sp³-hybridized carbons (Fsp3) is 0.625. The van der Waals surface area contributed by atoms with E-state index in [1.165, 1.54) is 0 Å². The SMILES string of the molecule is CCOC(=O)c1cn[nH]c1N(C(=O)OC(C)(C)C)C(=O)OC(C)(C)C. The van der Waals surface area contributed by atoms with E-state index < -0.39 is 29.4 Å². The molecule has 1 N–H and O–H groups in total. The second kappa shape index (κ2) is 7.54. The van der Waals surface area contributed by atoms with Crippen molar-refractivity contribution in [1.29, 1.82) is 0 Å². The number of esters is 1. The number of amides is 2. The Kier molecular flexibility index (Phi) is 6.17. The molecule has 0 aromatic carbocycles. The standard InChI is InChI=1S/C16H25N3O6/c1-8-23-12(20)10-9-17-18-11(10)19(13(21)24-15(2,3)4)14(22)25-16(5,6)7/h9H,8H2,1-7H3,(H,17,18). The fourth-order valence-corrected chi connectivity index (χ4v) is 1.68. The maximum absolute atomic E-state index is 12.5. The Hall–Kier alpha value is -2.58. The molecule has 0 aliphatic rings. The van der Waals surface area contributed by atoms with E-state index in [9.17, 15) is 14.4 Å². The van der Waals surface area contributed by atoms with Crippen molar-refractivity contribution in [1.82, 2.24) is 10.2 Å². The van der Waals surface area contributed by atoms with Crippen LogP contribution in [0.15, 0.2) is 6.20 Å². The van der Waals surface area contributed by atoms with Crippen molar-refractivity contribution in [2.24, 2.45) is 0 Å². The minimum Gasteiger partial charge on any atom is -0.462 e. The van der Waals surface area contributed by atoms with E-state index >= 15 is 0 Å². The lowest BCUT2D eigenvalue weighted by molar-refractivity contribution is 0.0428. The third kappa shape index (κ3) is 6.09. The number of hydrogen-bond donors (Lipinski definition) is 1. The normalized spacial score (nSPS) is 11.6. The summed E-state index contributed by atoms with van der Waals surface area (Å²) in [7, 11) is 0. The zero-order chi connectivity index (χ0) is 19.4. The molecule has 9 nitrogen and oxygen atoms in total. The number of carbonyl (C=O) groups is 3. The zero-order valence-corrected chi connectivity index (χ0v) is 15.6. The second-order valence-electron chi connectivity index (χ2n) is 7.15. The van der Waals surface area contributed by atoms with E-state index in [0.29, 0.717) is 4.90 Å². The molecule has 0 aliphatic carbocycles. The lowest BCUT2D eigenvalue weighted by Crippen LogP contribution is -2.44. The van der Waals surface area contributed by atoms with Gasteiger partial charge in [0, 0.05) is 0 Å². The lowest BCUT2D eigenvalue weighted by atomic mass is 10.2. The first-order chi connectivity index (χ1) is 11.4. The minimum absolute atomic E-state index is 0.0847. The number of hydrogen-bond acceptors (Lipinski definition) is 7. The summed E-state index contributed by atoms with van der Waals surface area (Å²) in [6, 6.07) is 0. The first-order valence-electron chi connectivity index (χ1n) is 7.82. The topological polar surface area (TPSA) is 111 Å². The summed E-state index contributed by atoms with van der Waals surface area (Å²) < 4.78 is 15.4. The van der Waals surface area contributed by atoms with E-state index in [-0.39, 0.29) is 18.0 Å². The predicted octanol–water partition coefficient (Wildman–Crippen LogP) is 3.26. The van der Waals surface area contributed by atoms with Crippen LogP contribution >= 0.6 is 0 Å². The maximum atomic E-state index is 12.5. The van der Waals surface area contributed by atoms with E-state index in [1.807, 2.05) is 0 Å². The summed E-state index contributed by atoms with van der Waals surface area (Å²) in [5.41, 5.74) is -1.80. The molecule has 0 fully saturated rings. The Balaban J connectivity index is 3.28. The first-order valence-corrected chi connectivity index (χ1v) is 7.82. The van der Waals surface area contributed by atoms with Crippen LogP contribution in [0.4, 0.5) is 15.4 Å². The van der Waals surface area contributed by atoms with Crippen molar-refractivity contribution in [3.63, 3.8) is 0 Å². The number of H-pyrrole nitrogens is 1. The van der Waals surface area contributed by atoms with Crippen molar-refractivity contribution < 1.29 is 28.6 Å². The molecule has 1 heterocycles. The molecule has 0 atom stereocenters. The number of anilines is 1. The third-order valence-corrected chi connectivity index (χ3v) is 2.49. The number of rotatable bonds is 3. The van der Waals surface area contributed by atoms with Gasteiger partial charge in [-0.15, -0.1) is 0 Å². The summed E-state index contributed by atoms with van der Waals surface area (Å²) in [4.78, 5) is 37.7. The molecule has 0 saturated heterocycles. The Morgan fingerprint density at radius 1 is 1.04 bits per heavy atom. The van der Waals surface area contributed by atoms with Gasteiger partial charge in [0.25, 0.3) is 0 Å². The molecule has 25 heavy (non-hydrogen) atoms. The third-order valence-electron chi connectivity index (χ3n) is 2.49. The second-order valence-corrected chi connectivity index (χ2v) is 7.15. The monoisotopic (exact) mass is 355 g/mol. The van der Waals surface area contributed by atoms with Crippen LogP contribution in [-0.2, 0) is 14.2 Å². The number of aromatic amines is 1. The number of ether oxygens (including phenoxy) is 3. The molecule has 0 bridgehead atoms. The van der Waals surface area contributed by atoms with Gasteiger partial charge < -0.3 is 14.2 Å².